The van der Waals surface area contributed by atoms with Crippen LogP contribution >= 0.6 is 0 Å². The molecule has 0 N–H and O–H groups in total. The van der Waals surface area contributed by atoms with E-state index < -0.39 is 0 Å². The number of nitrogens with zero attached hydrogens (tertiary/aromatic N) is 1. The molecule has 1 aromatic heterocycles. The maximum absolute atomic E-state index is 11.7. The lowest BCUT2D eigenvalue weighted by molar-refractivity contribution is 0.0601. The number of rotatable bonds is 3. The van der Waals surface area contributed by atoms with Crippen molar-refractivity contribution in [3.63, 3.8) is 0 Å². The van der Waals surface area contributed by atoms with E-state index in [1.165, 1.54) is 7.11 Å². The number of carbonyl (C=O) groups excluding carboxylic acids is 1. The van der Waals surface area contributed by atoms with Gasteiger partial charge in [-0.05, 0) is 12.1 Å². The van der Waals surface area contributed by atoms with Crippen LogP contribution in [0.25, 0.3) is 16.8 Å². The number of hydrogen-bond donors (Lipinski definition) is 0. The zero-order valence-electron chi connectivity index (χ0n) is 13.8. The monoisotopic (exact) mass is 331 g/mol. The molecule has 1 aromatic carbocycles. The standard InChI is InChI=1S/C21H17NO3/c1-24-21(23)16-9-4-8-15(12-16)19-13-20(25-22-19)18-11-5-7-14-6-2-3-10-17(14)18/h2-14,17H,1H3. The Bertz CT molecular complexity index is 930. The first-order chi connectivity index (χ1) is 12.3. The van der Waals surface area contributed by atoms with Crippen LogP contribution in [0.5, 0.6) is 0 Å². The van der Waals surface area contributed by atoms with Gasteiger partial charge in [-0.2, -0.15) is 0 Å². The van der Waals surface area contributed by atoms with Gasteiger partial charge in [0.05, 0.1) is 12.7 Å². The Balaban J connectivity index is 1.66. The number of ether oxygens (including phenoxy) is 1. The van der Waals surface area contributed by atoms with Gasteiger partial charge in [0.25, 0.3) is 0 Å². The molecule has 4 rings (SSSR count). The van der Waals surface area contributed by atoms with Gasteiger partial charge >= 0.3 is 5.97 Å². The topological polar surface area (TPSA) is 52.3 Å². The highest BCUT2D eigenvalue weighted by Crippen LogP contribution is 2.38. The number of hydrogen-bond acceptors (Lipinski definition) is 4. The van der Waals surface area contributed by atoms with Gasteiger partial charge in [-0.3, -0.25) is 0 Å². The van der Waals surface area contributed by atoms with Crippen LogP contribution in [-0.2, 0) is 4.74 Å². The van der Waals surface area contributed by atoms with Gasteiger partial charge in [-0.25, -0.2) is 4.79 Å². The molecule has 2 atom stereocenters. The van der Waals surface area contributed by atoms with E-state index in [1.807, 2.05) is 18.2 Å². The molecule has 2 aliphatic rings. The lowest BCUT2D eigenvalue weighted by Crippen LogP contribution is -2.14. The first kappa shape index (κ1) is 15.4. The molecule has 0 aliphatic heterocycles. The van der Waals surface area contributed by atoms with Crippen LogP contribution < -0.4 is 0 Å². The van der Waals surface area contributed by atoms with Crippen LogP contribution in [0.1, 0.15) is 16.1 Å². The van der Waals surface area contributed by atoms with E-state index in [2.05, 4.69) is 47.7 Å². The molecule has 2 aromatic rings. The molecule has 0 saturated heterocycles. The average molecular weight is 331 g/mol. The molecule has 25 heavy (non-hydrogen) atoms. The number of aromatic nitrogens is 1. The number of methoxy groups -OCH3 is 1. The summed E-state index contributed by atoms with van der Waals surface area (Å²) in [6, 6.07) is 9.10. The van der Waals surface area contributed by atoms with Crippen molar-refractivity contribution < 1.29 is 14.1 Å². The molecule has 1 heterocycles. The second-order valence-electron chi connectivity index (χ2n) is 6.03. The predicted octanol–water partition coefficient (Wildman–Crippen LogP) is 4.44. The highest BCUT2D eigenvalue weighted by Gasteiger charge is 2.26. The van der Waals surface area contributed by atoms with Gasteiger partial charge in [0.15, 0.2) is 5.76 Å². The Hall–Kier alpha value is -3.14. The minimum Gasteiger partial charge on any atom is -0.465 e. The van der Waals surface area contributed by atoms with Gasteiger partial charge < -0.3 is 9.26 Å². The molecule has 2 unspecified atom stereocenters. The van der Waals surface area contributed by atoms with E-state index in [9.17, 15) is 4.79 Å². The molecule has 0 amide bonds. The van der Waals surface area contributed by atoms with Crippen molar-refractivity contribution in [3.05, 3.63) is 84.2 Å². The van der Waals surface area contributed by atoms with Crippen LogP contribution in [0.2, 0.25) is 0 Å². The number of allylic oxidation sites excluding steroid dienone is 8. The van der Waals surface area contributed by atoms with Crippen molar-refractivity contribution >= 4 is 11.5 Å². The summed E-state index contributed by atoms with van der Waals surface area (Å²) in [5.74, 6) is 0.990. The highest BCUT2D eigenvalue weighted by atomic mass is 16.5. The van der Waals surface area contributed by atoms with Crippen LogP contribution in [0.15, 0.2) is 77.4 Å². The number of esters is 1. The molecular formula is C21H17NO3. The fraction of sp³-hybridized carbons (Fsp3) is 0.143. The highest BCUT2D eigenvalue weighted by molar-refractivity contribution is 5.90. The quantitative estimate of drug-likeness (QED) is 0.780. The van der Waals surface area contributed by atoms with Crippen molar-refractivity contribution in [2.45, 2.75) is 0 Å². The molecule has 4 nitrogen and oxygen atoms in total. The summed E-state index contributed by atoms with van der Waals surface area (Å²) in [6.45, 7) is 0. The summed E-state index contributed by atoms with van der Waals surface area (Å²) < 4.78 is 10.4. The minimum absolute atomic E-state index is 0.261. The Morgan fingerprint density at radius 3 is 2.84 bits per heavy atom. The second kappa shape index (κ2) is 6.40. The molecule has 2 aliphatic carbocycles. The third-order valence-corrected chi connectivity index (χ3v) is 4.52. The lowest BCUT2D eigenvalue weighted by Gasteiger charge is -2.25. The summed E-state index contributed by atoms with van der Waals surface area (Å²) in [4.78, 5) is 11.7. The molecular weight excluding hydrogens is 314 g/mol. The van der Waals surface area contributed by atoms with E-state index in [4.69, 9.17) is 9.26 Å². The Morgan fingerprint density at radius 2 is 1.96 bits per heavy atom. The summed E-state index contributed by atoms with van der Waals surface area (Å²) in [7, 11) is 1.37. The largest absolute Gasteiger partial charge is 0.465 e. The zero-order chi connectivity index (χ0) is 17.2. The summed E-state index contributed by atoms with van der Waals surface area (Å²) in [5, 5.41) is 4.19. The van der Waals surface area contributed by atoms with Crippen molar-refractivity contribution in [2.24, 2.45) is 11.8 Å². The van der Waals surface area contributed by atoms with Crippen LogP contribution in [0.4, 0.5) is 0 Å². The lowest BCUT2D eigenvalue weighted by atomic mass is 9.79. The molecule has 0 saturated carbocycles. The van der Waals surface area contributed by atoms with E-state index in [0.717, 1.165) is 16.9 Å². The summed E-state index contributed by atoms with van der Waals surface area (Å²) >= 11 is 0. The molecule has 0 fully saturated rings. The number of carbonyl (C=O) groups is 1. The first-order valence-electron chi connectivity index (χ1n) is 8.15. The van der Waals surface area contributed by atoms with Crippen LogP contribution in [0, 0.1) is 11.8 Å². The molecule has 124 valence electrons. The summed E-state index contributed by atoms with van der Waals surface area (Å²) in [6.07, 6.45) is 14.8. The SMILES string of the molecule is COC(=O)c1cccc(-c2cc(C3=CC=CC4C=CC=CC34)on2)c1. The number of benzene rings is 1. The molecule has 0 spiro atoms. The van der Waals surface area contributed by atoms with Gasteiger partial charge in [0.2, 0.25) is 0 Å². The maximum atomic E-state index is 11.7. The summed E-state index contributed by atoms with van der Waals surface area (Å²) in [5.41, 5.74) is 3.12. The molecule has 4 heteroatoms. The second-order valence-corrected chi connectivity index (χ2v) is 6.03. The van der Waals surface area contributed by atoms with E-state index >= 15 is 0 Å². The minimum atomic E-state index is -0.368. The average Bonchev–Trinajstić information content (AvgIpc) is 3.17. The third-order valence-electron chi connectivity index (χ3n) is 4.52. The Morgan fingerprint density at radius 1 is 1.12 bits per heavy atom. The fourth-order valence-electron chi connectivity index (χ4n) is 3.23. The smallest absolute Gasteiger partial charge is 0.337 e. The van der Waals surface area contributed by atoms with Crippen LogP contribution in [0.3, 0.4) is 0 Å². The van der Waals surface area contributed by atoms with E-state index in [1.54, 1.807) is 12.1 Å². The van der Waals surface area contributed by atoms with Gasteiger partial charge in [-0.15, -0.1) is 0 Å². The molecule has 0 bridgehead atoms. The predicted molar refractivity (Wildman–Crippen MR) is 95.7 cm³/mol. The van der Waals surface area contributed by atoms with E-state index in [-0.39, 0.29) is 11.9 Å². The first-order valence-corrected chi connectivity index (χ1v) is 8.15. The van der Waals surface area contributed by atoms with Gasteiger partial charge in [0, 0.05) is 29.0 Å². The van der Waals surface area contributed by atoms with Gasteiger partial charge in [-0.1, -0.05) is 59.8 Å². The zero-order valence-corrected chi connectivity index (χ0v) is 13.8. The van der Waals surface area contributed by atoms with E-state index in [0.29, 0.717) is 17.2 Å². The molecule has 0 radical (unpaired) electrons. The Labute approximate surface area is 145 Å². The van der Waals surface area contributed by atoms with Crippen molar-refractivity contribution in [1.29, 1.82) is 0 Å². The number of fused-ring (bicyclic) bond motifs is 1. The van der Waals surface area contributed by atoms with Crippen LogP contribution in [-0.4, -0.2) is 18.2 Å². The van der Waals surface area contributed by atoms with Crippen molar-refractivity contribution in [2.75, 3.05) is 7.11 Å². The van der Waals surface area contributed by atoms with Crippen molar-refractivity contribution in [3.8, 4) is 11.3 Å². The third kappa shape index (κ3) is 2.87. The fourth-order valence-corrected chi connectivity index (χ4v) is 3.23. The van der Waals surface area contributed by atoms with Gasteiger partial charge in [0.1, 0.15) is 5.69 Å². The normalized spacial score (nSPS) is 20.9. The van der Waals surface area contributed by atoms with Crippen molar-refractivity contribution in [1.82, 2.24) is 5.16 Å². The maximum Gasteiger partial charge on any atom is 0.337 e. The Kier molecular flexibility index (Phi) is 3.94.